The van der Waals surface area contributed by atoms with Crippen LogP contribution < -0.4 is 5.32 Å². The van der Waals surface area contributed by atoms with Gasteiger partial charge in [-0.05, 0) is 32.3 Å². The van der Waals surface area contributed by atoms with Crippen molar-refractivity contribution in [2.75, 3.05) is 33.4 Å². The highest BCUT2D eigenvalue weighted by Gasteiger charge is 2.19. The Hall–Kier alpha value is -0.830. The van der Waals surface area contributed by atoms with Gasteiger partial charge in [0.05, 0.1) is 24.9 Å². The second-order valence-electron chi connectivity index (χ2n) is 7.01. The molecule has 0 radical (unpaired) electrons. The maximum Gasteiger partial charge on any atom is 0.194 e. The van der Waals surface area contributed by atoms with Crippen LogP contribution >= 0.6 is 24.0 Å². The zero-order valence-electron chi connectivity index (χ0n) is 15.5. The molecule has 1 aliphatic heterocycles. The molecule has 6 nitrogen and oxygen atoms in total. The molecular weight excluding hydrogens is 429 g/mol. The first-order valence-electron chi connectivity index (χ1n) is 9.37. The predicted molar refractivity (Wildman–Crippen MR) is 112 cm³/mol. The Labute approximate surface area is 168 Å². The molecule has 0 aromatic carbocycles. The third-order valence-corrected chi connectivity index (χ3v) is 5.01. The van der Waals surface area contributed by atoms with Gasteiger partial charge in [-0.2, -0.15) is 5.10 Å². The summed E-state index contributed by atoms with van der Waals surface area (Å²) in [4.78, 5) is 7.00. The molecule has 7 heteroatoms. The van der Waals surface area contributed by atoms with Gasteiger partial charge < -0.3 is 15.0 Å². The molecule has 0 amide bonds. The number of guanidine groups is 1. The van der Waals surface area contributed by atoms with E-state index in [0.29, 0.717) is 18.5 Å². The smallest absolute Gasteiger partial charge is 0.194 e. The molecule has 142 valence electrons. The first kappa shape index (κ1) is 20.5. The number of hydrogen-bond acceptors (Lipinski definition) is 3. The lowest BCUT2D eigenvalue weighted by Crippen LogP contribution is -2.41. The summed E-state index contributed by atoms with van der Waals surface area (Å²) in [7, 11) is 2.11. The minimum Gasteiger partial charge on any atom is -0.381 e. The van der Waals surface area contributed by atoms with E-state index in [1.807, 2.05) is 0 Å². The first-order valence-corrected chi connectivity index (χ1v) is 9.37. The van der Waals surface area contributed by atoms with E-state index in [0.717, 1.165) is 44.4 Å². The summed E-state index contributed by atoms with van der Waals surface area (Å²) in [6.45, 7) is 6.37. The molecule has 1 aromatic heterocycles. The van der Waals surface area contributed by atoms with Crippen LogP contribution in [0.2, 0.25) is 0 Å². The number of aliphatic imine (C=N–C) groups is 1. The summed E-state index contributed by atoms with van der Waals surface area (Å²) >= 11 is 0. The number of rotatable bonds is 6. The van der Waals surface area contributed by atoms with Crippen LogP contribution in [0.25, 0.3) is 0 Å². The second kappa shape index (κ2) is 10.4. The van der Waals surface area contributed by atoms with E-state index in [1.54, 1.807) is 0 Å². The van der Waals surface area contributed by atoms with Crippen LogP contribution in [0.3, 0.4) is 0 Å². The molecule has 1 saturated carbocycles. The van der Waals surface area contributed by atoms with Crippen LogP contribution in [0, 0.1) is 5.92 Å². The molecule has 1 unspecified atom stereocenters. The predicted octanol–water partition coefficient (Wildman–Crippen LogP) is 3.05. The number of ether oxygens (including phenoxy) is 1. The summed E-state index contributed by atoms with van der Waals surface area (Å²) in [5, 5.41) is 8.12. The van der Waals surface area contributed by atoms with Gasteiger partial charge in [-0.3, -0.25) is 4.68 Å². The van der Waals surface area contributed by atoms with E-state index in [2.05, 4.69) is 41.1 Å². The Bertz CT molecular complexity index is 535. The number of nitrogens with zero attached hydrogens (tertiary/aromatic N) is 4. The van der Waals surface area contributed by atoms with Gasteiger partial charge in [-0.15, -0.1) is 24.0 Å². The fourth-order valence-electron chi connectivity index (χ4n) is 3.66. The summed E-state index contributed by atoms with van der Waals surface area (Å²) in [6.07, 6.45) is 8.46. The maximum absolute atomic E-state index is 5.48. The molecule has 1 aliphatic carbocycles. The molecule has 0 bridgehead atoms. The van der Waals surface area contributed by atoms with E-state index in [-0.39, 0.29) is 24.0 Å². The third-order valence-electron chi connectivity index (χ3n) is 5.01. The highest BCUT2D eigenvalue weighted by Crippen LogP contribution is 2.28. The monoisotopic (exact) mass is 461 g/mol. The molecule has 3 rings (SSSR count). The largest absolute Gasteiger partial charge is 0.381 e. The molecule has 2 aliphatic rings. The maximum atomic E-state index is 5.48. The van der Waals surface area contributed by atoms with Crippen LogP contribution in [-0.2, 0) is 11.3 Å². The lowest BCUT2D eigenvalue weighted by Gasteiger charge is -2.24. The number of aromatic nitrogens is 2. The van der Waals surface area contributed by atoms with Crippen molar-refractivity contribution in [2.24, 2.45) is 10.9 Å². The average molecular weight is 461 g/mol. The fraction of sp³-hybridized carbons (Fsp3) is 0.778. The minimum absolute atomic E-state index is 0. The van der Waals surface area contributed by atoms with Crippen LogP contribution in [-0.4, -0.2) is 54.0 Å². The minimum atomic E-state index is 0. The zero-order chi connectivity index (χ0) is 16.8. The molecule has 2 heterocycles. The lowest BCUT2D eigenvalue weighted by atomic mass is 10.1. The SMILES string of the molecule is CCNC(=NCc1ccn(C2CCCC2)n1)N(C)CC1CCOC1.I. The Morgan fingerprint density at radius 2 is 2.20 bits per heavy atom. The van der Waals surface area contributed by atoms with Gasteiger partial charge in [-0.25, -0.2) is 4.99 Å². The van der Waals surface area contributed by atoms with Gasteiger partial charge in [-0.1, -0.05) is 12.8 Å². The van der Waals surface area contributed by atoms with E-state index < -0.39 is 0 Å². The van der Waals surface area contributed by atoms with Crippen LogP contribution in [0.15, 0.2) is 17.3 Å². The standard InChI is InChI=1S/C18H31N5O.HI/c1-3-19-18(22(2)13-15-9-11-24-14-15)20-12-16-8-10-23(21-16)17-6-4-5-7-17;/h8,10,15,17H,3-7,9,11-14H2,1-2H3,(H,19,20);1H. The first-order chi connectivity index (χ1) is 11.8. The van der Waals surface area contributed by atoms with Crippen LogP contribution in [0.5, 0.6) is 0 Å². The molecule has 1 N–H and O–H groups in total. The highest BCUT2D eigenvalue weighted by atomic mass is 127. The fourth-order valence-corrected chi connectivity index (χ4v) is 3.66. The van der Waals surface area contributed by atoms with Gasteiger partial charge >= 0.3 is 0 Å². The Kier molecular flexibility index (Phi) is 8.48. The molecule has 1 saturated heterocycles. The molecular formula is C18H32IN5O. The number of halogens is 1. The van der Waals surface area contributed by atoms with Crippen molar-refractivity contribution in [1.29, 1.82) is 0 Å². The van der Waals surface area contributed by atoms with E-state index >= 15 is 0 Å². The summed E-state index contributed by atoms with van der Waals surface area (Å²) in [6, 6.07) is 2.71. The van der Waals surface area contributed by atoms with E-state index in [1.165, 1.54) is 25.7 Å². The average Bonchev–Trinajstić information content (AvgIpc) is 3.32. The van der Waals surface area contributed by atoms with E-state index in [9.17, 15) is 0 Å². The van der Waals surface area contributed by atoms with Crippen molar-refractivity contribution in [2.45, 2.75) is 51.6 Å². The molecule has 0 spiro atoms. The zero-order valence-corrected chi connectivity index (χ0v) is 17.8. The van der Waals surface area contributed by atoms with Gasteiger partial charge in [0.25, 0.3) is 0 Å². The van der Waals surface area contributed by atoms with Gasteiger partial charge in [0.15, 0.2) is 5.96 Å². The topological polar surface area (TPSA) is 54.7 Å². The Balaban J connectivity index is 0.00000225. The summed E-state index contributed by atoms with van der Waals surface area (Å²) in [5.74, 6) is 1.57. The summed E-state index contributed by atoms with van der Waals surface area (Å²) < 4.78 is 7.62. The van der Waals surface area contributed by atoms with Crippen molar-refractivity contribution < 1.29 is 4.74 Å². The molecule has 25 heavy (non-hydrogen) atoms. The Morgan fingerprint density at radius 1 is 1.40 bits per heavy atom. The van der Waals surface area contributed by atoms with Gasteiger partial charge in [0.1, 0.15) is 0 Å². The molecule has 1 aromatic rings. The normalized spacial score (nSPS) is 21.4. The number of nitrogens with one attached hydrogen (secondary N) is 1. The Morgan fingerprint density at radius 3 is 2.88 bits per heavy atom. The molecule has 2 fully saturated rings. The molecule has 1 atom stereocenters. The summed E-state index contributed by atoms with van der Waals surface area (Å²) in [5.41, 5.74) is 1.05. The quantitative estimate of drug-likeness (QED) is 0.402. The lowest BCUT2D eigenvalue weighted by molar-refractivity contribution is 0.181. The van der Waals surface area contributed by atoms with Crippen LogP contribution in [0.1, 0.15) is 50.8 Å². The van der Waals surface area contributed by atoms with E-state index in [4.69, 9.17) is 14.8 Å². The second-order valence-corrected chi connectivity index (χ2v) is 7.01. The number of hydrogen-bond donors (Lipinski definition) is 1. The van der Waals surface area contributed by atoms with Gasteiger partial charge in [0, 0.05) is 38.9 Å². The highest BCUT2D eigenvalue weighted by molar-refractivity contribution is 14.0. The van der Waals surface area contributed by atoms with Gasteiger partial charge in [0.2, 0.25) is 0 Å². The van der Waals surface area contributed by atoms with Crippen molar-refractivity contribution in [3.05, 3.63) is 18.0 Å². The third kappa shape index (κ3) is 5.84. The van der Waals surface area contributed by atoms with Crippen LogP contribution in [0.4, 0.5) is 0 Å². The van der Waals surface area contributed by atoms with Crippen molar-refractivity contribution in [3.63, 3.8) is 0 Å². The van der Waals surface area contributed by atoms with Crippen molar-refractivity contribution in [3.8, 4) is 0 Å². The van der Waals surface area contributed by atoms with Crippen molar-refractivity contribution >= 4 is 29.9 Å². The van der Waals surface area contributed by atoms with Crippen molar-refractivity contribution in [1.82, 2.24) is 20.0 Å².